The third-order valence-corrected chi connectivity index (χ3v) is 8.32. The van der Waals surface area contributed by atoms with Crippen molar-refractivity contribution in [2.24, 2.45) is 0 Å². The number of hydrogen-bond acceptors (Lipinski definition) is 6. The molecule has 1 fully saturated rings. The van der Waals surface area contributed by atoms with E-state index in [1.54, 1.807) is 38.1 Å². The Hall–Kier alpha value is -3.81. The van der Waals surface area contributed by atoms with E-state index in [-0.39, 0.29) is 24.4 Å². The molecule has 0 aromatic heterocycles. The summed E-state index contributed by atoms with van der Waals surface area (Å²) < 4.78 is 11.8. The number of benzene rings is 3. The van der Waals surface area contributed by atoms with Crippen LogP contribution in [0, 0.1) is 0 Å². The molecule has 1 aliphatic rings. The molecule has 2 unspecified atom stereocenters. The number of carboxylic acid groups (broad SMARTS) is 1. The van der Waals surface area contributed by atoms with E-state index >= 15 is 0 Å². The zero-order valence-electron chi connectivity index (χ0n) is 25.4. The normalized spacial score (nSPS) is 16.4. The van der Waals surface area contributed by atoms with Gasteiger partial charge in [-0.1, -0.05) is 84.9 Å². The van der Waals surface area contributed by atoms with Gasteiger partial charge in [-0.25, -0.2) is 0 Å². The molecular formula is C36H43NO6. The predicted octanol–water partition coefficient (Wildman–Crippen LogP) is 6.60. The molecule has 0 amide bonds. The minimum Gasteiger partial charge on any atom is -0.481 e. The molecule has 1 N–H and O–H groups in total. The van der Waals surface area contributed by atoms with Gasteiger partial charge in [-0.2, -0.15) is 0 Å². The van der Waals surface area contributed by atoms with Crippen LogP contribution in [0.25, 0.3) is 0 Å². The van der Waals surface area contributed by atoms with Crippen molar-refractivity contribution in [2.75, 3.05) is 19.6 Å². The van der Waals surface area contributed by atoms with Crippen molar-refractivity contribution in [1.29, 1.82) is 0 Å². The van der Waals surface area contributed by atoms with Crippen LogP contribution < -0.4 is 0 Å². The van der Waals surface area contributed by atoms with Crippen molar-refractivity contribution in [3.63, 3.8) is 0 Å². The van der Waals surface area contributed by atoms with Crippen LogP contribution in [0.5, 0.6) is 0 Å². The zero-order valence-corrected chi connectivity index (χ0v) is 25.4. The molecule has 0 bridgehead atoms. The van der Waals surface area contributed by atoms with Crippen LogP contribution in [0.1, 0.15) is 86.0 Å². The number of likely N-dealkylation sites (tertiary alicyclic amines) is 1. The van der Waals surface area contributed by atoms with Gasteiger partial charge in [0.05, 0.1) is 11.5 Å². The van der Waals surface area contributed by atoms with Crippen LogP contribution >= 0.6 is 0 Å². The van der Waals surface area contributed by atoms with Gasteiger partial charge >= 0.3 is 11.9 Å². The Balaban J connectivity index is 1.25. The minimum absolute atomic E-state index is 0.0450. The summed E-state index contributed by atoms with van der Waals surface area (Å²) in [4.78, 5) is 38.7. The van der Waals surface area contributed by atoms with E-state index in [0.29, 0.717) is 17.5 Å². The van der Waals surface area contributed by atoms with E-state index in [2.05, 4.69) is 53.4 Å². The number of nitrogens with zero attached hydrogens (tertiary/aromatic N) is 1. The van der Waals surface area contributed by atoms with Crippen LogP contribution in [0.4, 0.5) is 0 Å². The average Bonchev–Trinajstić information content (AvgIpc) is 3.01. The number of piperidine rings is 1. The number of carbonyl (C=O) groups is 3. The first-order chi connectivity index (χ1) is 20.7. The largest absolute Gasteiger partial charge is 0.481 e. The fourth-order valence-electron chi connectivity index (χ4n) is 5.93. The summed E-state index contributed by atoms with van der Waals surface area (Å²) in [7, 11) is 0. The van der Waals surface area contributed by atoms with Gasteiger partial charge in [-0.15, -0.1) is 0 Å². The predicted molar refractivity (Wildman–Crippen MR) is 166 cm³/mol. The number of carbonyl (C=O) groups excluding carboxylic acids is 2. The summed E-state index contributed by atoms with van der Waals surface area (Å²) in [5, 5.41) is 9.93. The van der Waals surface area contributed by atoms with Gasteiger partial charge in [0.2, 0.25) is 0 Å². The van der Waals surface area contributed by atoms with E-state index in [9.17, 15) is 19.5 Å². The van der Waals surface area contributed by atoms with E-state index in [4.69, 9.17) is 9.47 Å². The molecule has 7 heteroatoms. The SMILES string of the molecule is CC(=O)OC(C)CC(C)(C(=O)O)c1ccc(C(=O)CCCN2CCC(OC(c3ccccc3)c3ccccc3)CC2)cc1. The van der Waals surface area contributed by atoms with Gasteiger partial charge in [-0.3, -0.25) is 14.4 Å². The Kier molecular flexibility index (Phi) is 11.3. The first-order valence-corrected chi connectivity index (χ1v) is 15.2. The first kappa shape index (κ1) is 32.1. The summed E-state index contributed by atoms with van der Waals surface area (Å²) in [6.07, 6.45) is 2.76. The molecule has 228 valence electrons. The third kappa shape index (κ3) is 8.85. The molecule has 0 spiro atoms. The summed E-state index contributed by atoms with van der Waals surface area (Å²) in [5.41, 5.74) is 2.22. The molecule has 4 rings (SSSR count). The highest BCUT2D eigenvalue weighted by Gasteiger charge is 2.37. The fraction of sp³-hybridized carbons (Fsp3) is 0.417. The second-order valence-corrected chi connectivity index (χ2v) is 11.7. The van der Waals surface area contributed by atoms with E-state index in [0.717, 1.165) is 50.0 Å². The number of ketones is 1. The van der Waals surface area contributed by atoms with Crippen LogP contribution in [0.15, 0.2) is 84.9 Å². The lowest BCUT2D eigenvalue weighted by molar-refractivity contribution is -0.151. The quantitative estimate of drug-likeness (QED) is 0.168. The van der Waals surface area contributed by atoms with Crippen molar-refractivity contribution < 1.29 is 29.0 Å². The lowest BCUT2D eigenvalue weighted by Crippen LogP contribution is -2.38. The van der Waals surface area contributed by atoms with Crippen LogP contribution in [-0.4, -0.2) is 59.6 Å². The molecule has 43 heavy (non-hydrogen) atoms. The van der Waals surface area contributed by atoms with Gasteiger partial charge in [0, 0.05) is 38.4 Å². The molecule has 0 radical (unpaired) electrons. The molecule has 1 aliphatic heterocycles. The lowest BCUT2D eigenvalue weighted by Gasteiger charge is -2.34. The van der Waals surface area contributed by atoms with E-state index in [1.165, 1.54) is 6.92 Å². The summed E-state index contributed by atoms with van der Waals surface area (Å²) in [6.45, 7) is 7.32. The highest BCUT2D eigenvalue weighted by atomic mass is 16.5. The number of hydrogen-bond donors (Lipinski definition) is 1. The Bertz CT molecular complexity index is 1300. The van der Waals surface area contributed by atoms with Crippen LogP contribution in [0.3, 0.4) is 0 Å². The van der Waals surface area contributed by atoms with Gasteiger partial charge in [0.25, 0.3) is 0 Å². The second-order valence-electron chi connectivity index (χ2n) is 11.7. The number of carboxylic acids is 1. The van der Waals surface area contributed by atoms with Gasteiger partial charge < -0.3 is 19.5 Å². The smallest absolute Gasteiger partial charge is 0.313 e. The monoisotopic (exact) mass is 585 g/mol. The van der Waals surface area contributed by atoms with Gasteiger partial charge in [0.1, 0.15) is 12.2 Å². The standard InChI is InChI=1S/C36H43NO6/c1-26(42-27(2)38)25-36(3,35(40)41)31-18-16-28(17-19-31)33(39)15-10-22-37-23-20-32(21-24-37)43-34(29-11-6-4-7-12-29)30-13-8-5-9-14-30/h4-9,11-14,16-19,26,32,34H,10,15,20-25H2,1-3H3,(H,40,41). The summed E-state index contributed by atoms with van der Waals surface area (Å²) >= 11 is 0. The Morgan fingerprint density at radius 2 is 1.47 bits per heavy atom. The number of rotatable bonds is 14. The van der Waals surface area contributed by atoms with E-state index in [1.807, 2.05) is 12.1 Å². The number of ether oxygens (including phenoxy) is 2. The van der Waals surface area contributed by atoms with Crippen LogP contribution in [-0.2, 0) is 24.5 Å². The van der Waals surface area contributed by atoms with Crippen molar-refractivity contribution in [2.45, 2.75) is 76.6 Å². The van der Waals surface area contributed by atoms with Gasteiger partial charge in [-0.05, 0) is 56.3 Å². The molecule has 2 atom stereocenters. The highest BCUT2D eigenvalue weighted by Crippen LogP contribution is 2.32. The maximum absolute atomic E-state index is 12.9. The molecule has 1 heterocycles. The third-order valence-electron chi connectivity index (χ3n) is 8.32. The zero-order chi connectivity index (χ0) is 30.8. The van der Waals surface area contributed by atoms with Crippen molar-refractivity contribution >= 4 is 17.7 Å². The minimum atomic E-state index is -1.24. The summed E-state index contributed by atoms with van der Waals surface area (Å²) in [6, 6.07) is 27.5. The molecule has 7 nitrogen and oxygen atoms in total. The van der Waals surface area contributed by atoms with Gasteiger partial charge in [0.15, 0.2) is 5.78 Å². The Morgan fingerprint density at radius 1 is 0.907 bits per heavy atom. The van der Waals surface area contributed by atoms with Crippen molar-refractivity contribution in [3.8, 4) is 0 Å². The van der Waals surface area contributed by atoms with Crippen LogP contribution in [0.2, 0.25) is 0 Å². The molecule has 3 aromatic rings. The summed E-state index contributed by atoms with van der Waals surface area (Å²) in [5.74, 6) is -1.40. The van der Waals surface area contributed by atoms with E-state index < -0.39 is 23.5 Å². The molecule has 0 saturated carbocycles. The number of esters is 1. The van der Waals surface area contributed by atoms with Crippen molar-refractivity contribution in [1.82, 2.24) is 4.90 Å². The van der Waals surface area contributed by atoms with Crippen molar-refractivity contribution in [3.05, 3.63) is 107 Å². The lowest BCUT2D eigenvalue weighted by atomic mass is 9.77. The Morgan fingerprint density at radius 3 is 1.98 bits per heavy atom. The highest BCUT2D eigenvalue weighted by molar-refractivity contribution is 5.96. The topological polar surface area (TPSA) is 93.1 Å². The molecule has 1 saturated heterocycles. The number of Topliss-reactive ketones (excluding diaryl/α,β-unsaturated/α-hetero) is 1. The fourth-order valence-corrected chi connectivity index (χ4v) is 5.93. The average molecular weight is 586 g/mol. The maximum Gasteiger partial charge on any atom is 0.313 e. The maximum atomic E-state index is 12.9. The Labute approximate surface area is 254 Å². The first-order valence-electron chi connectivity index (χ1n) is 15.2. The molecule has 0 aliphatic carbocycles. The second kappa shape index (κ2) is 15.1. The number of aliphatic carboxylic acids is 1. The molecular weight excluding hydrogens is 542 g/mol. The molecule has 3 aromatic carbocycles.